The Labute approximate surface area is 215 Å². The Kier molecular flexibility index (Phi) is 33.4. The van der Waals surface area contributed by atoms with Gasteiger partial charge in [-0.15, -0.1) is 0 Å². The van der Waals surface area contributed by atoms with E-state index in [0.29, 0.717) is 92.5 Å². The second-order valence-electron chi connectivity index (χ2n) is 8.37. The Morgan fingerprint density at radius 2 is 0.429 bits per heavy atom. The molecule has 0 unspecified atom stereocenters. The zero-order valence-electron chi connectivity index (χ0n) is 22.9. The predicted octanol–water partition coefficient (Wildman–Crippen LogP) is 4.67. The SMILES string of the molecule is CCCCCCCCOCCOCCOCCOCCOCCOCCOCCOCCCCC. The zero-order chi connectivity index (χ0) is 25.3. The smallest absolute Gasteiger partial charge is 0.0701 e. The van der Waals surface area contributed by atoms with E-state index in [9.17, 15) is 0 Å². The molecule has 0 N–H and O–H groups in total. The van der Waals surface area contributed by atoms with Crippen molar-refractivity contribution in [3.63, 3.8) is 0 Å². The molecule has 0 aromatic carbocycles. The van der Waals surface area contributed by atoms with E-state index in [1.807, 2.05) is 0 Å². The number of rotatable bonds is 32. The minimum atomic E-state index is 0.553. The molecule has 0 aromatic rings. The van der Waals surface area contributed by atoms with E-state index in [1.54, 1.807) is 0 Å². The minimum absolute atomic E-state index is 0.553. The maximum atomic E-state index is 5.57. The zero-order valence-corrected chi connectivity index (χ0v) is 22.9. The van der Waals surface area contributed by atoms with Crippen LogP contribution < -0.4 is 0 Å². The van der Waals surface area contributed by atoms with E-state index in [4.69, 9.17) is 37.9 Å². The standard InChI is InChI=1S/C27H56O8/c1-3-5-7-8-9-11-13-29-15-17-31-19-21-33-23-25-35-27-26-34-24-22-32-20-18-30-16-14-28-12-10-6-4-2/h3-27H2,1-2H3. The summed E-state index contributed by atoms with van der Waals surface area (Å²) >= 11 is 0. The largest absolute Gasteiger partial charge is 0.379 e. The summed E-state index contributed by atoms with van der Waals surface area (Å²) < 4.78 is 43.9. The molecular weight excluding hydrogens is 452 g/mol. The first-order valence-corrected chi connectivity index (χ1v) is 14.0. The molecule has 0 aliphatic carbocycles. The Hall–Kier alpha value is -0.320. The Morgan fingerprint density at radius 1 is 0.229 bits per heavy atom. The van der Waals surface area contributed by atoms with Crippen molar-refractivity contribution in [2.75, 3.05) is 106 Å². The van der Waals surface area contributed by atoms with Crippen molar-refractivity contribution in [2.45, 2.75) is 71.6 Å². The molecule has 0 saturated heterocycles. The van der Waals surface area contributed by atoms with Crippen molar-refractivity contribution in [2.24, 2.45) is 0 Å². The monoisotopic (exact) mass is 508 g/mol. The molecule has 0 bridgehead atoms. The Bertz CT molecular complexity index is 328. The van der Waals surface area contributed by atoms with E-state index in [0.717, 1.165) is 26.1 Å². The highest BCUT2D eigenvalue weighted by Crippen LogP contribution is 2.04. The molecule has 0 spiro atoms. The molecule has 212 valence electrons. The summed E-state index contributed by atoms with van der Waals surface area (Å²) in [6.45, 7) is 14.3. The average Bonchev–Trinajstić information content (AvgIpc) is 2.87. The Morgan fingerprint density at radius 3 is 0.743 bits per heavy atom. The van der Waals surface area contributed by atoms with Gasteiger partial charge in [0.15, 0.2) is 0 Å². The molecule has 0 aliphatic rings. The van der Waals surface area contributed by atoms with Gasteiger partial charge in [-0.3, -0.25) is 0 Å². The summed E-state index contributed by atoms with van der Waals surface area (Å²) in [4.78, 5) is 0. The van der Waals surface area contributed by atoms with Crippen LogP contribution in [0.15, 0.2) is 0 Å². The lowest BCUT2D eigenvalue weighted by Crippen LogP contribution is -2.15. The maximum Gasteiger partial charge on any atom is 0.0701 e. The highest BCUT2D eigenvalue weighted by molar-refractivity contribution is 4.44. The van der Waals surface area contributed by atoms with Crippen LogP contribution in [0.2, 0.25) is 0 Å². The first kappa shape index (κ1) is 34.7. The van der Waals surface area contributed by atoms with Crippen molar-refractivity contribution in [1.82, 2.24) is 0 Å². The van der Waals surface area contributed by atoms with Crippen LogP contribution in [0.5, 0.6) is 0 Å². The minimum Gasteiger partial charge on any atom is -0.379 e. The molecule has 0 heterocycles. The highest BCUT2D eigenvalue weighted by Gasteiger charge is 1.96. The molecule has 35 heavy (non-hydrogen) atoms. The van der Waals surface area contributed by atoms with Gasteiger partial charge in [-0.05, 0) is 12.8 Å². The molecule has 0 rings (SSSR count). The summed E-state index contributed by atoms with van der Waals surface area (Å²) in [7, 11) is 0. The van der Waals surface area contributed by atoms with Crippen molar-refractivity contribution < 1.29 is 37.9 Å². The molecule has 0 amide bonds. The summed E-state index contributed by atoms with van der Waals surface area (Å²) in [6.07, 6.45) is 11.3. The van der Waals surface area contributed by atoms with E-state index < -0.39 is 0 Å². The van der Waals surface area contributed by atoms with Crippen LogP contribution in [0.3, 0.4) is 0 Å². The second-order valence-corrected chi connectivity index (χ2v) is 8.37. The van der Waals surface area contributed by atoms with Crippen LogP contribution in [0.25, 0.3) is 0 Å². The third-order valence-electron chi connectivity index (χ3n) is 5.14. The fourth-order valence-corrected chi connectivity index (χ4v) is 3.08. The summed E-state index contributed by atoms with van der Waals surface area (Å²) in [5.41, 5.74) is 0. The predicted molar refractivity (Wildman–Crippen MR) is 139 cm³/mol. The molecule has 0 aliphatic heterocycles. The van der Waals surface area contributed by atoms with Crippen molar-refractivity contribution in [3.8, 4) is 0 Å². The van der Waals surface area contributed by atoms with Gasteiger partial charge in [-0.25, -0.2) is 0 Å². The highest BCUT2D eigenvalue weighted by atomic mass is 16.6. The van der Waals surface area contributed by atoms with E-state index in [1.165, 1.54) is 44.9 Å². The first-order chi connectivity index (χ1) is 17.4. The lowest BCUT2D eigenvalue weighted by Gasteiger charge is -2.08. The molecule has 8 nitrogen and oxygen atoms in total. The molecule has 0 radical (unpaired) electrons. The van der Waals surface area contributed by atoms with E-state index in [2.05, 4.69) is 13.8 Å². The quantitative estimate of drug-likeness (QED) is 0.121. The van der Waals surface area contributed by atoms with Gasteiger partial charge in [0, 0.05) is 13.2 Å². The first-order valence-electron chi connectivity index (χ1n) is 14.0. The van der Waals surface area contributed by atoms with Crippen LogP contribution in [-0.2, 0) is 37.9 Å². The fraction of sp³-hybridized carbons (Fsp3) is 1.00. The molecule has 0 atom stereocenters. The van der Waals surface area contributed by atoms with Gasteiger partial charge < -0.3 is 37.9 Å². The fourth-order valence-electron chi connectivity index (χ4n) is 3.08. The summed E-state index contributed by atoms with van der Waals surface area (Å²) in [5, 5.41) is 0. The van der Waals surface area contributed by atoms with Crippen molar-refractivity contribution in [1.29, 1.82) is 0 Å². The number of hydrogen-bond acceptors (Lipinski definition) is 8. The molecule has 0 aromatic heterocycles. The third-order valence-corrected chi connectivity index (χ3v) is 5.14. The Balaban J connectivity index is 3.00. The number of unbranched alkanes of at least 4 members (excludes halogenated alkanes) is 7. The van der Waals surface area contributed by atoms with Crippen molar-refractivity contribution in [3.05, 3.63) is 0 Å². The average molecular weight is 509 g/mol. The van der Waals surface area contributed by atoms with E-state index >= 15 is 0 Å². The van der Waals surface area contributed by atoms with Crippen LogP contribution in [0.1, 0.15) is 71.6 Å². The van der Waals surface area contributed by atoms with Gasteiger partial charge in [0.2, 0.25) is 0 Å². The number of hydrogen-bond donors (Lipinski definition) is 0. The van der Waals surface area contributed by atoms with Crippen molar-refractivity contribution >= 4 is 0 Å². The molecule has 0 saturated carbocycles. The van der Waals surface area contributed by atoms with Gasteiger partial charge in [-0.2, -0.15) is 0 Å². The van der Waals surface area contributed by atoms with Gasteiger partial charge in [0.05, 0.1) is 92.5 Å². The van der Waals surface area contributed by atoms with Gasteiger partial charge in [-0.1, -0.05) is 58.8 Å². The molecule has 8 heteroatoms. The van der Waals surface area contributed by atoms with Gasteiger partial charge in [0.1, 0.15) is 0 Å². The third kappa shape index (κ3) is 33.7. The van der Waals surface area contributed by atoms with Gasteiger partial charge >= 0.3 is 0 Å². The lowest BCUT2D eigenvalue weighted by molar-refractivity contribution is -0.0232. The van der Waals surface area contributed by atoms with Crippen LogP contribution >= 0.6 is 0 Å². The van der Waals surface area contributed by atoms with E-state index in [-0.39, 0.29) is 0 Å². The summed E-state index contributed by atoms with van der Waals surface area (Å²) in [5.74, 6) is 0. The second kappa shape index (κ2) is 33.7. The van der Waals surface area contributed by atoms with Crippen LogP contribution in [-0.4, -0.2) is 106 Å². The van der Waals surface area contributed by atoms with Crippen LogP contribution in [0.4, 0.5) is 0 Å². The molecule has 0 fully saturated rings. The topological polar surface area (TPSA) is 73.8 Å². The summed E-state index contributed by atoms with van der Waals surface area (Å²) in [6, 6.07) is 0. The molecular formula is C27H56O8. The maximum absolute atomic E-state index is 5.57. The number of ether oxygens (including phenoxy) is 8. The van der Waals surface area contributed by atoms with Crippen LogP contribution in [0, 0.1) is 0 Å². The normalized spacial score (nSPS) is 11.5. The van der Waals surface area contributed by atoms with Gasteiger partial charge in [0.25, 0.3) is 0 Å². The lowest BCUT2D eigenvalue weighted by atomic mass is 10.1.